The molecule has 1 fully saturated rings. The molecule has 5 rings (SSSR count). The average molecular weight is 439 g/mol. The van der Waals surface area contributed by atoms with Crippen LogP contribution in [0.25, 0.3) is 17.1 Å². The Balaban J connectivity index is 1.31. The molecule has 0 spiro atoms. The number of nitrogens with zero attached hydrogens (tertiary/aromatic N) is 4. The quantitative estimate of drug-likeness (QED) is 0.398. The van der Waals surface area contributed by atoms with Crippen molar-refractivity contribution in [2.45, 2.75) is 18.9 Å². The summed E-state index contributed by atoms with van der Waals surface area (Å²) >= 11 is 0. The van der Waals surface area contributed by atoms with Gasteiger partial charge in [0.25, 0.3) is 5.91 Å². The molecule has 1 aliphatic carbocycles. The first-order valence-electron chi connectivity index (χ1n) is 10.6. The van der Waals surface area contributed by atoms with Gasteiger partial charge in [0.2, 0.25) is 5.82 Å². The van der Waals surface area contributed by atoms with Crippen molar-refractivity contribution in [3.8, 4) is 17.1 Å². The molecule has 0 aliphatic heterocycles. The van der Waals surface area contributed by atoms with E-state index in [0.29, 0.717) is 17.4 Å². The van der Waals surface area contributed by atoms with E-state index in [2.05, 4.69) is 31.2 Å². The summed E-state index contributed by atoms with van der Waals surface area (Å²) < 4.78 is 1.60. The largest absolute Gasteiger partial charge is 0.367 e. The Morgan fingerprint density at radius 3 is 2.21 bits per heavy atom. The molecule has 2 aromatic heterocycles. The zero-order chi connectivity index (χ0) is 22.6. The van der Waals surface area contributed by atoms with Crippen LogP contribution in [0.4, 0.5) is 5.82 Å². The number of benzene rings is 2. The van der Waals surface area contributed by atoms with Gasteiger partial charge >= 0.3 is 5.91 Å². The van der Waals surface area contributed by atoms with Crippen LogP contribution < -0.4 is 16.2 Å². The van der Waals surface area contributed by atoms with Crippen molar-refractivity contribution in [1.29, 1.82) is 0 Å². The molecular weight excluding hydrogens is 418 g/mol. The fourth-order valence-corrected chi connectivity index (χ4v) is 3.22. The molecule has 1 aliphatic rings. The summed E-state index contributed by atoms with van der Waals surface area (Å²) in [6.07, 6.45) is 3.73. The first kappa shape index (κ1) is 20.4. The number of rotatable bonds is 6. The summed E-state index contributed by atoms with van der Waals surface area (Å²) in [7, 11) is 0. The molecule has 0 saturated heterocycles. The standard InChI is InChI=1S/C24H21N7O2/c32-23(17-11-14-20(25-15-17)26-18-12-13-18)28-29-24(33)21-27-22(16-7-3-1-4-8-16)31(30-21)19-9-5-2-6-10-19/h1-11,14-15,18H,12-13H2,(H,25,26)(H,28,32)(H,29,33). The van der Waals surface area contributed by atoms with Crippen molar-refractivity contribution in [3.63, 3.8) is 0 Å². The molecule has 0 unspecified atom stereocenters. The Morgan fingerprint density at radius 1 is 0.848 bits per heavy atom. The number of aromatic nitrogens is 4. The second-order valence-electron chi connectivity index (χ2n) is 7.63. The molecule has 2 aromatic carbocycles. The van der Waals surface area contributed by atoms with Gasteiger partial charge in [0, 0.05) is 17.8 Å². The molecule has 2 heterocycles. The number of anilines is 1. The summed E-state index contributed by atoms with van der Waals surface area (Å²) in [6, 6.07) is 22.7. The van der Waals surface area contributed by atoms with Crippen LogP contribution in [0.5, 0.6) is 0 Å². The Kier molecular flexibility index (Phi) is 5.50. The maximum Gasteiger partial charge on any atom is 0.309 e. The van der Waals surface area contributed by atoms with Crippen LogP contribution in [-0.4, -0.2) is 37.6 Å². The molecule has 4 aromatic rings. The number of nitrogens with one attached hydrogen (secondary N) is 3. The number of para-hydroxylation sites is 1. The van der Waals surface area contributed by atoms with E-state index in [1.807, 2.05) is 60.7 Å². The number of carbonyl (C=O) groups is 2. The number of hydrogen-bond acceptors (Lipinski definition) is 6. The first-order valence-corrected chi connectivity index (χ1v) is 10.6. The van der Waals surface area contributed by atoms with Gasteiger partial charge < -0.3 is 5.32 Å². The van der Waals surface area contributed by atoms with E-state index < -0.39 is 11.8 Å². The van der Waals surface area contributed by atoms with Gasteiger partial charge in [-0.2, -0.15) is 0 Å². The Labute approximate surface area is 189 Å². The summed E-state index contributed by atoms with van der Waals surface area (Å²) in [5, 5.41) is 7.63. The molecule has 1 saturated carbocycles. The van der Waals surface area contributed by atoms with E-state index in [4.69, 9.17) is 0 Å². The highest BCUT2D eigenvalue weighted by atomic mass is 16.2. The van der Waals surface area contributed by atoms with Crippen LogP contribution in [0.2, 0.25) is 0 Å². The molecule has 164 valence electrons. The first-order chi connectivity index (χ1) is 16.2. The van der Waals surface area contributed by atoms with Gasteiger partial charge in [-0.25, -0.2) is 14.6 Å². The van der Waals surface area contributed by atoms with Gasteiger partial charge in [0.15, 0.2) is 5.82 Å². The molecule has 2 amide bonds. The van der Waals surface area contributed by atoms with Crippen LogP contribution in [0, 0.1) is 0 Å². The monoisotopic (exact) mass is 439 g/mol. The van der Waals surface area contributed by atoms with E-state index >= 15 is 0 Å². The maximum atomic E-state index is 12.7. The predicted molar refractivity (Wildman–Crippen MR) is 123 cm³/mol. The molecule has 9 heteroatoms. The summed E-state index contributed by atoms with van der Waals surface area (Å²) in [5.41, 5.74) is 6.66. The number of pyridine rings is 1. The van der Waals surface area contributed by atoms with Crippen LogP contribution in [0.3, 0.4) is 0 Å². The van der Waals surface area contributed by atoms with Gasteiger partial charge in [0.05, 0.1) is 11.3 Å². The summed E-state index contributed by atoms with van der Waals surface area (Å²) in [5.74, 6) is 0.0540. The van der Waals surface area contributed by atoms with Gasteiger partial charge in [-0.15, -0.1) is 5.10 Å². The van der Waals surface area contributed by atoms with Crippen molar-refractivity contribution in [2.24, 2.45) is 0 Å². The normalized spacial score (nSPS) is 12.7. The fourth-order valence-electron chi connectivity index (χ4n) is 3.22. The fraction of sp³-hybridized carbons (Fsp3) is 0.125. The minimum absolute atomic E-state index is 0.0693. The highest BCUT2D eigenvalue weighted by molar-refractivity contribution is 5.97. The highest BCUT2D eigenvalue weighted by Crippen LogP contribution is 2.23. The molecule has 0 atom stereocenters. The van der Waals surface area contributed by atoms with E-state index in [9.17, 15) is 9.59 Å². The molecule has 33 heavy (non-hydrogen) atoms. The molecule has 3 N–H and O–H groups in total. The zero-order valence-corrected chi connectivity index (χ0v) is 17.6. The van der Waals surface area contributed by atoms with Crippen molar-refractivity contribution in [3.05, 3.63) is 90.4 Å². The molecule has 9 nitrogen and oxygen atoms in total. The Hall–Kier alpha value is -4.53. The van der Waals surface area contributed by atoms with Crippen molar-refractivity contribution >= 4 is 17.6 Å². The van der Waals surface area contributed by atoms with E-state index in [-0.39, 0.29) is 5.82 Å². The number of hydrazine groups is 1. The third kappa shape index (κ3) is 4.72. The number of hydrogen-bond donors (Lipinski definition) is 3. The average Bonchev–Trinajstić information content (AvgIpc) is 3.57. The minimum atomic E-state index is -0.629. The van der Waals surface area contributed by atoms with Crippen molar-refractivity contribution in [1.82, 2.24) is 30.6 Å². The second-order valence-corrected chi connectivity index (χ2v) is 7.63. The van der Waals surface area contributed by atoms with Gasteiger partial charge in [-0.3, -0.25) is 20.4 Å². The van der Waals surface area contributed by atoms with Gasteiger partial charge in [-0.1, -0.05) is 48.5 Å². The molecule has 0 radical (unpaired) electrons. The van der Waals surface area contributed by atoms with E-state index in [0.717, 1.165) is 29.9 Å². The Bertz CT molecular complexity index is 1210. The number of amides is 2. The van der Waals surface area contributed by atoms with Crippen molar-refractivity contribution < 1.29 is 9.59 Å². The molecular formula is C24H21N7O2. The highest BCUT2D eigenvalue weighted by Gasteiger charge is 2.22. The van der Waals surface area contributed by atoms with Gasteiger partial charge in [-0.05, 0) is 37.1 Å². The van der Waals surface area contributed by atoms with Crippen molar-refractivity contribution in [2.75, 3.05) is 5.32 Å². The predicted octanol–water partition coefficient (Wildman–Crippen LogP) is 2.98. The van der Waals surface area contributed by atoms with Crippen LogP contribution in [0.1, 0.15) is 33.8 Å². The maximum absolute atomic E-state index is 12.7. The summed E-state index contributed by atoms with van der Waals surface area (Å²) in [6.45, 7) is 0. The second kappa shape index (κ2) is 8.91. The lowest BCUT2D eigenvalue weighted by Gasteiger charge is -2.07. The van der Waals surface area contributed by atoms with Crippen LogP contribution >= 0.6 is 0 Å². The molecule has 0 bridgehead atoms. The van der Waals surface area contributed by atoms with E-state index in [1.165, 1.54) is 6.20 Å². The van der Waals surface area contributed by atoms with Crippen LogP contribution in [0.15, 0.2) is 79.0 Å². The third-order valence-corrected chi connectivity index (χ3v) is 5.09. The smallest absolute Gasteiger partial charge is 0.309 e. The number of carbonyl (C=O) groups excluding carboxylic acids is 2. The lowest BCUT2D eigenvalue weighted by molar-refractivity contribution is 0.0841. The summed E-state index contributed by atoms with van der Waals surface area (Å²) in [4.78, 5) is 33.8. The SMILES string of the molecule is O=C(NNC(=O)c1nc(-c2ccccc2)n(-c2ccccc2)n1)c1ccc(NC2CC2)nc1. The minimum Gasteiger partial charge on any atom is -0.367 e. The lowest BCUT2D eigenvalue weighted by Crippen LogP contribution is -2.42. The lowest BCUT2D eigenvalue weighted by atomic mass is 10.2. The van der Waals surface area contributed by atoms with Gasteiger partial charge in [0.1, 0.15) is 5.82 Å². The topological polar surface area (TPSA) is 114 Å². The zero-order valence-electron chi connectivity index (χ0n) is 17.6. The van der Waals surface area contributed by atoms with Crippen LogP contribution in [-0.2, 0) is 0 Å². The third-order valence-electron chi connectivity index (χ3n) is 5.09. The van der Waals surface area contributed by atoms with E-state index in [1.54, 1.807) is 16.8 Å². The Morgan fingerprint density at radius 2 is 1.55 bits per heavy atom.